The Bertz CT molecular complexity index is 1040. The van der Waals surface area contributed by atoms with Gasteiger partial charge in [0.15, 0.2) is 0 Å². The second-order valence-electron chi connectivity index (χ2n) is 8.77. The number of benzene rings is 2. The van der Waals surface area contributed by atoms with Gasteiger partial charge < -0.3 is 15.0 Å². The van der Waals surface area contributed by atoms with Gasteiger partial charge in [-0.2, -0.15) is 4.31 Å². The minimum absolute atomic E-state index is 0.224. The Morgan fingerprint density at radius 3 is 2.39 bits per heavy atom. The molecule has 8 heteroatoms. The van der Waals surface area contributed by atoms with Crippen molar-refractivity contribution in [3.63, 3.8) is 0 Å². The molecule has 2 aliphatic heterocycles. The topological polar surface area (TPSA) is 61.9 Å². The van der Waals surface area contributed by atoms with Crippen LogP contribution in [0.15, 0.2) is 47.4 Å². The summed E-state index contributed by atoms with van der Waals surface area (Å²) in [5, 5.41) is 3.35. The van der Waals surface area contributed by atoms with Crippen LogP contribution >= 0.6 is 0 Å². The predicted octanol–water partition coefficient (Wildman–Crippen LogP) is 2.95. The molecule has 2 heterocycles. The van der Waals surface area contributed by atoms with Crippen molar-refractivity contribution in [2.75, 3.05) is 56.2 Å². The third-order valence-corrected chi connectivity index (χ3v) is 8.68. The lowest BCUT2D eigenvalue weighted by Crippen LogP contribution is -2.36. The monoisotopic (exact) mass is 445 g/mol. The van der Waals surface area contributed by atoms with Gasteiger partial charge in [0.25, 0.3) is 0 Å². The molecule has 1 aliphatic carbocycles. The van der Waals surface area contributed by atoms with Crippen LogP contribution in [0.5, 0.6) is 0 Å². The van der Waals surface area contributed by atoms with Crippen molar-refractivity contribution in [1.29, 1.82) is 0 Å². The number of piperidine rings is 1. The molecule has 3 aliphatic rings. The second kappa shape index (κ2) is 8.07. The molecular formula is C23H28FN3O3S. The number of nitrogens with one attached hydrogen (secondary N) is 1. The van der Waals surface area contributed by atoms with Gasteiger partial charge in [-0.3, -0.25) is 0 Å². The first-order valence-corrected chi connectivity index (χ1v) is 12.3. The molecule has 0 amide bonds. The van der Waals surface area contributed by atoms with E-state index in [-0.39, 0.29) is 5.82 Å². The lowest BCUT2D eigenvalue weighted by atomic mass is 10.2. The molecule has 6 nitrogen and oxygen atoms in total. The highest BCUT2D eigenvalue weighted by atomic mass is 32.2. The number of halogens is 1. The standard InChI is InChI=1S/C23H28FN3O3S/c1-16-2-5-18(6-3-16)31(28,29)27-14-20-19(21(20)15-27)13-25-17-4-7-23(22(24)12-17)26-8-10-30-11-9-26/h2-7,12,19-21,25H,8-11,13-15H2,1H3. The van der Waals surface area contributed by atoms with Crippen molar-refractivity contribution in [3.8, 4) is 0 Å². The summed E-state index contributed by atoms with van der Waals surface area (Å²) in [5.74, 6) is 0.972. The minimum Gasteiger partial charge on any atom is -0.385 e. The largest absolute Gasteiger partial charge is 0.385 e. The number of hydrogen-bond donors (Lipinski definition) is 1. The third-order valence-electron chi connectivity index (χ3n) is 6.84. The fraction of sp³-hybridized carbons (Fsp3) is 0.478. The van der Waals surface area contributed by atoms with Gasteiger partial charge in [-0.1, -0.05) is 17.7 Å². The van der Waals surface area contributed by atoms with E-state index in [1.165, 1.54) is 0 Å². The second-order valence-corrected chi connectivity index (χ2v) is 10.7. The molecule has 1 N–H and O–H groups in total. The number of aryl methyl sites for hydroxylation is 1. The van der Waals surface area contributed by atoms with Crippen LogP contribution in [0.3, 0.4) is 0 Å². The Morgan fingerprint density at radius 2 is 1.74 bits per heavy atom. The van der Waals surface area contributed by atoms with Crippen molar-refractivity contribution in [2.24, 2.45) is 17.8 Å². The first-order valence-electron chi connectivity index (χ1n) is 10.9. The number of morpholine rings is 1. The molecule has 2 aromatic carbocycles. The summed E-state index contributed by atoms with van der Waals surface area (Å²) >= 11 is 0. The smallest absolute Gasteiger partial charge is 0.243 e. The highest BCUT2D eigenvalue weighted by Crippen LogP contribution is 2.52. The molecule has 1 saturated carbocycles. The fourth-order valence-corrected chi connectivity index (χ4v) is 6.40. The van der Waals surface area contributed by atoms with Crippen LogP contribution in [0.4, 0.5) is 15.8 Å². The Hall–Kier alpha value is -2.16. The van der Waals surface area contributed by atoms with Crippen LogP contribution < -0.4 is 10.2 Å². The van der Waals surface area contributed by atoms with E-state index in [1.807, 2.05) is 36.1 Å². The van der Waals surface area contributed by atoms with Gasteiger partial charge in [0, 0.05) is 38.4 Å². The Balaban J connectivity index is 1.15. The highest BCUT2D eigenvalue weighted by Gasteiger charge is 2.57. The van der Waals surface area contributed by atoms with Crippen molar-refractivity contribution < 1.29 is 17.5 Å². The summed E-state index contributed by atoms with van der Waals surface area (Å²) in [4.78, 5) is 2.38. The zero-order valence-corrected chi connectivity index (χ0v) is 18.4. The fourth-order valence-electron chi connectivity index (χ4n) is 4.88. The lowest BCUT2D eigenvalue weighted by molar-refractivity contribution is 0.122. The molecule has 0 radical (unpaired) electrons. The van der Waals surface area contributed by atoms with E-state index in [2.05, 4.69) is 5.32 Å². The number of ether oxygens (including phenoxy) is 1. The van der Waals surface area contributed by atoms with Crippen molar-refractivity contribution >= 4 is 21.4 Å². The number of rotatable bonds is 6. The first-order chi connectivity index (χ1) is 14.9. The van der Waals surface area contributed by atoms with E-state index >= 15 is 0 Å². The molecule has 0 aromatic heterocycles. The van der Waals surface area contributed by atoms with Gasteiger partial charge >= 0.3 is 0 Å². The third kappa shape index (κ3) is 4.04. The molecule has 31 heavy (non-hydrogen) atoms. The van der Waals surface area contributed by atoms with Gasteiger partial charge in [-0.05, 0) is 55.0 Å². The summed E-state index contributed by atoms with van der Waals surface area (Å²) in [6.45, 7) is 6.48. The van der Waals surface area contributed by atoms with Crippen LogP contribution in [0, 0.1) is 30.5 Å². The van der Waals surface area contributed by atoms with Gasteiger partial charge in [-0.15, -0.1) is 0 Å². The molecule has 5 rings (SSSR count). The van der Waals surface area contributed by atoms with Crippen LogP contribution in [-0.4, -0.2) is 58.7 Å². The number of hydrogen-bond acceptors (Lipinski definition) is 5. The normalized spacial score (nSPS) is 26.0. The minimum atomic E-state index is -3.42. The molecule has 2 atom stereocenters. The SMILES string of the molecule is Cc1ccc(S(=O)(=O)N2CC3C(CNc4ccc(N5CCOCC5)c(F)c4)C3C2)cc1. The molecule has 2 unspecified atom stereocenters. The molecule has 0 bridgehead atoms. The Morgan fingerprint density at radius 1 is 1.06 bits per heavy atom. The maximum Gasteiger partial charge on any atom is 0.243 e. The Labute approximate surface area is 183 Å². The molecular weight excluding hydrogens is 417 g/mol. The van der Waals surface area contributed by atoms with E-state index in [1.54, 1.807) is 22.5 Å². The summed E-state index contributed by atoms with van der Waals surface area (Å²) < 4.78 is 47.2. The van der Waals surface area contributed by atoms with Gasteiger partial charge in [-0.25, -0.2) is 12.8 Å². The predicted molar refractivity (Wildman–Crippen MR) is 118 cm³/mol. The zero-order valence-electron chi connectivity index (χ0n) is 17.6. The molecule has 166 valence electrons. The maximum absolute atomic E-state index is 14.6. The average molecular weight is 446 g/mol. The number of fused-ring (bicyclic) bond motifs is 1. The van der Waals surface area contributed by atoms with E-state index in [9.17, 15) is 12.8 Å². The van der Waals surface area contributed by atoms with Gasteiger partial charge in [0.1, 0.15) is 5.82 Å². The summed E-state index contributed by atoms with van der Waals surface area (Å²) in [5.41, 5.74) is 2.43. The molecule has 2 aromatic rings. The van der Waals surface area contributed by atoms with Crippen LogP contribution in [0.1, 0.15) is 5.56 Å². The maximum atomic E-state index is 14.6. The molecule has 3 fully saturated rings. The van der Waals surface area contributed by atoms with Crippen LogP contribution in [-0.2, 0) is 14.8 Å². The highest BCUT2D eigenvalue weighted by molar-refractivity contribution is 7.89. The van der Waals surface area contributed by atoms with Crippen LogP contribution in [0.25, 0.3) is 0 Å². The van der Waals surface area contributed by atoms with Crippen molar-refractivity contribution in [2.45, 2.75) is 11.8 Å². The summed E-state index contributed by atoms with van der Waals surface area (Å²) in [6.07, 6.45) is 0. The summed E-state index contributed by atoms with van der Waals surface area (Å²) in [7, 11) is -3.42. The van der Waals surface area contributed by atoms with E-state index in [4.69, 9.17) is 4.74 Å². The zero-order chi connectivity index (χ0) is 21.6. The van der Waals surface area contributed by atoms with Crippen molar-refractivity contribution in [1.82, 2.24) is 4.31 Å². The molecule has 2 saturated heterocycles. The van der Waals surface area contributed by atoms with E-state index in [0.717, 1.165) is 17.8 Å². The van der Waals surface area contributed by atoms with E-state index < -0.39 is 10.0 Å². The number of nitrogens with zero attached hydrogens (tertiary/aromatic N) is 2. The molecule has 0 spiro atoms. The summed E-state index contributed by atoms with van der Waals surface area (Å²) in [6, 6.07) is 12.3. The van der Waals surface area contributed by atoms with Crippen LogP contribution in [0.2, 0.25) is 0 Å². The van der Waals surface area contributed by atoms with Gasteiger partial charge in [0.05, 0.1) is 23.8 Å². The van der Waals surface area contributed by atoms with E-state index in [0.29, 0.717) is 67.7 Å². The van der Waals surface area contributed by atoms with Gasteiger partial charge in [0.2, 0.25) is 10.0 Å². The average Bonchev–Trinajstić information content (AvgIpc) is 3.21. The lowest BCUT2D eigenvalue weighted by Gasteiger charge is -2.29. The van der Waals surface area contributed by atoms with Crippen molar-refractivity contribution in [3.05, 3.63) is 53.8 Å². The number of anilines is 2. The number of sulfonamides is 1. The first kappa shape index (κ1) is 20.7. The Kier molecular flexibility index (Phi) is 5.40. The quantitative estimate of drug-likeness (QED) is 0.741.